The summed E-state index contributed by atoms with van der Waals surface area (Å²) in [5.74, 6) is 1.10. The van der Waals surface area contributed by atoms with E-state index in [0.717, 1.165) is 55.0 Å². The van der Waals surface area contributed by atoms with E-state index < -0.39 is 0 Å². The fourth-order valence-corrected chi connectivity index (χ4v) is 4.59. The second-order valence-electron chi connectivity index (χ2n) is 8.33. The van der Waals surface area contributed by atoms with E-state index in [0.29, 0.717) is 49.1 Å². The van der Waals surface area contributed by atoms with E-state index in [2.05, 4.69) is 20.8 Å². The molecule has 0 unspecified atom stereocenters. The van der Waals surface area contributed by atoms with E-state index in [9.17, 15) is 4.79 Å². The topological polar surface area (TPSA) is 95.7 Å². The number of hydrogen-bond acceptors (Lipinski definition) is 8. The van der Waals surface area contributed by atoms with Crippen LogP contribution in [0.5, 0.6) is 11.5 Å². The van der Waals surface area contributed by atoms with Crippen LogP contribution < -0.4 is 20.1 Å². The van der Waals surface area contributed by atoms with Crippen molar-refractivity contribution in [1.82, 2.24) is 4.90 Å². The number of morpholine rings is 1. The number of anilines is 2. The second kappa shape index (κ2) is 12.5. The lowest BCUT2D eigenvalue weighted by Crippen LogP contribution is -2.39. The number of hydrogen-bond donors (Lipinski definition) is 1. The molecule has 4 rings (SSSR count). The van der Waals surface area contributed by atoms with Gasteiger partial charge in [-0.25, -0.2) is 0 Å². The number of methoxy groups -OCH3 is 1. The Morgan fingerprint density at radius 3 is 2.63 bits per heavy atom. The molecule has 0 saturated carbocycles. The first kappa shape index (κ1) is 25.7. The van der Waals surface area contributed by atoms with Crippen LogP contribution in [0.4, 0.5) is 11.4 Å². The molecule has 1 saturated heterocycles. The summed E-state index contributed by atoms with van der Waals surface area (Å²) in [5, 5.41) is 0. The average Bonchev–Trinajstić information content (AvgIpc) is 2.86. The molecular formula is C25H32BrN3O6. The molecule has 10 heteroatoms. The second-order valence-corrected chi connectivity index (χ2v) is 9.19. The monoisotopic (exact) mass is 549 g/mol. The number of nitrogens with zero attached hydrogens (tertiary/aromatic N) is 2. The lowest BCUT2D eigenvalue weighted by molar-refractivity contribution is -0.00813. The molecule has 2 N–H and O–H groups in total. The molecule has 0 spiro atoms. The van der Waals surface area contributed by atoms with Gasteiger partial charge in [0.15, 0.2) is 6.79 Å². The minimum absolute atomic E-state index is 0.0755. The number of carbonyl (C=O) groups excluding carboxylic acids is 1. The van der Waals surface area contributed by atoms with Gasteiger partial charge in [-0.1, -0.05) is 0 Å². The van der Waals surface area contributed by atoms with Crippen molar-refractivity contribution in [3.8, 4) is 11.5 Å². The van der Waals surface area contributed by atoms with E-state index in [4.69, 9.17) is 29.4 Å². The van der Waals surface area contributed by atoms with Crippen LogP contribution in [0, 0.1) is 0 Å². The Bertz CT molecular complexity index is 1010. The molecule has 0 aliphatic carbocycles. The zero-order valence-electron chi connectivity index (χ0n) is 20.0. The van der Waals surface area contributed by atoms with Gasteiger partial charge in [-0.15, -0.1) is 0 Å². The molecule has 2 aromatic carbocycles. The van der Waals surface area contributed by atoms with E-state index >= 15 is 0 Å². The number of benzene rings is 2. The van der Waals surface area contributed by atoms with Crippen molar-refractivity contribution < 1.29 is 28.5 Å². The summed E-state index contributed by atoms with van der Waals surface area (Å²) in [6, 6.07) is 9.18. The maximum Gasteiger partial charge on any atom is 0.258 e. The van der Waals surface area contributed by atoms with Crippen molar-refractivity contribution in [2.24, 2.45) is 0 Å². The van der Waals surface area contributed by atoms with Crippen LogP contribution in [0.1, 0.15) is 15.9 Å². The Morgan fingerprint density at radius 1 is 1.03 bits per heavy atom. The molecule has 2 aromatic rings. The van der Waals surface area contributed by atoms with Crippen molar-refractivity contribution in [3.63, 3.8) is 0 Å². The molecule has 1 amide bonds. The number of ether oxygens (including phenoxy) is 5. The van der Waals surface area contributed by atoms with Gasteiger partial charge >= 0.3 is 0 Å². The van der Waals surface area contributed by atoms with E-state index in [-0.39, 0.29) is 12.7 Å². The average molecular weight is 550 g/mol. The third-order valence-electron chi connectivity index (χ3n) is 6.04. The molecular weight excluding hydrogens is 518 g/mol. The number of nitrogen functional groups attached to an aromatic ring is 1. The predicted molar refractivity (Wildman–Crippen MR) is 136 cm³/mol. The van der Waals surface area contributed by atoms with E-state index in [1.807, 2.05) is 18.2 Å². The van der Waals surface area contributed by atoms with Gasteiger partial charge < -0.3 is 34.3 Å². The summed E-state index contributed by atoms with van der Waals surface area (Å²) in [6.07, 6.45) is 0.735. The maximum atomic E-state index is 13.4. The third kappa shape index (κ3) is 6.65. The Morgan fingerprint density at radius 2 is 1.86 bits per heavy atom. The molecule has 2 aliphatic heterocycles. The Hall–Kier alpha value is -2.37. The molecule has 2 heterocycles. The number of halogens is 1. The largest absolute Gasteiger partial charge is 0.491 e. The zero-order chi connectivity index (χ0) is 24.6. The van der Waals surface area contributed by atoms with Crippen molar-refractivity contribution in [2.45, 2.75) is 6.42 Å². The summed E-state index contributed by atoms with van der Waals surface area (Å²) in [4.78, 5) is 17.5. The highest BCUT2D eigenvalue weighted by Gasteiger charge is 2.27. The summed E-state index contributed by atoms with van der Waals surface area (Å²) >= 11 is 3.60. The Balaban J connectivity index is 1.40. The molecule has 190 valence electrons. The molecule has 9 nitrogen and oxygen atoms in total. The van der Waals surface area contributed by atoms with Gasteiger partial charge in [0, 0.05) is 44.5 Å². The highest BCUT2D eigenvalue weighted by molar-refractivity contribution is 9.10. The maximum absolute atomic E-state index is 13.4. The minimum atomic E-state index is -0.0762. The molecule has 0 radical (unpaired) electrons. The van der Waals surface area contributed by atoms with Gasteiger partial charge in [0.1, 0.15) is 18.1 Å². The highest BCUT2D eigenvalue weighted by atomic mass is 79.9. The molecule has 0 atom stereocenters. The number of rotatable bonds is 11. The summed E-state index contributed by atoms with van der Waals surface area (Å²) < 4.78 is 28.1. The molecule has 2 aliphatic rings. The fourth-order valence-electron chi connectivity index (χ4n) is 4.09. The highest BCUT2D eigenvalue weighted by Crippen LogP contribution is 2.35. The van der Waals surface area contributed by atoms with Crippen LogP contribution in [-0.4, -0.2) is 83.9 Å². The normalized spacial score (nSPS) is 16.3. The Labute approximate surface area is 214 Å². The molecule has 1 fully saturated rings. The SMILES string of the molecule is COCCOCOc1ccc(N2CCc3cc(Br)c(OCCN4CCOCC4)cc3C2=O)cc1N. The number of carbonyl (C=O) groups is 1. The van der Waals surface area contributed by atoms with Crippen LogP contribution >= 0.6 is 15.9 Å². The first-order valence-electron chi connectivity index (χ1n) is 11.7. The van der Waals surface area contributed by atoms with Crippen molar-refractivity contribution in [2.75, 3.05) is 83.7 Å². The van der Waals surface area contributed by atoms with Gasteiger partial charge in [-0.05, 0) is 58.2 Å². The van der Waals surface area contributed by atoms with Gasteiger partial charge in [-0.3, -0.25) is 9.69 Å². The standard InChI is InChI=1S/C25H32BrN3O6/c1-31-12-13-33-17-35-23-3-2-19(15-22(23)27)29-5-4-18-14-21(26)24(16-20(18)25(29)30)34-11-8-28-6-9-32-10-7-28/h2-3,14-16H,4-13,17,27H2,1H3. The minimum Gasteiger partial charge on any atom is -0.491 e. The lowest BCUT2D eigenvalue weighted by Gasteiger charge is -2.30. The smallest absolute Gasteiger partial charge is 0.258 e. The summed E-state index contributed by atoms with van der Waals surface area (Å²) in [5.41, 5.74) is 9.00. The lowest BCUT2D eigenvalue weighted by atomic mass is 9.98. The fraction of sp³-hybridized carbons (Fsp3) is 0.480. The predicted octanol–water partition coefficient (Wildman–Crippen LogP) is 2.94. The zero-order valence-corrected chi connectivity index (χ0v) is 21.6. The van der Waals surface area contributed by atoms with Crippen molar-refractivity contribution >= 4 is 33.2 Å². The van der Waals surface area contributed by atoms with Gasteiger partial charge in [0.2, 0.25) is 0 Å². The summed E-state index contributed by atoms with van der Waals surface area (Å²) in [7, 11) is 1.61. The van der Waals surface area contributed by atoms with Crippen molar-refractivity contribution in [3.05, 3.63) is 45.9 Å². The van der Waals surface area contributed by atoms with Gasteiger partial charge in [-0.2, -0.15) is 0 Å². The number of nitrogens with two attached hydrogens (primary N) is 1. The quantitative estimate of drug-likeness (QED) is 0.259. The van der Waals surface area contributed by atoms with Gasteiger partial charge in [0.05, 0.1) is 36.6 Å². The molecule has 0 aromatic heterocycles. The van der Waals surface area contributed by atoms with Crippen LogP contribution in [0.2, 0.25) is 0 Å². The van der Waals surface area contributed by atoms with Crippen molar-refractivity contribution in [1.29, 1.82) is 0 Å². The summed E-state index contributed by atoms with van der Waals surface area (Å²) in [6.45, 7) is 6.27. The number of fused-ring (bicyclic) bond motifs is 1. The molecule has 0 bridgehead atoms. The van der Waals surface area contributed by atoms with Crippen LogP contribution in [0.3, 0.4) is 0 Å². The van der Waals surface area contributed by atoms with Gasteiger partial charge in [0.25, 0.3) is 5.91 Å². The molecule has 35 heavy (non-hydrogen) atoms. The third-order valence-corrected chi connectivity index (χ3v) is 6.66. The Kier molecular flexibility index (Phi) is 9.22. The number of amides is 1. The van der Waals surface area contributed by atoms with Crippen LogP contribution in [0.15, 0.2) is 34.8 Å². The first-order valence-corrected chi connectivity index (χ1v) is 12.5. The first-order chi connectivity index (χ1) is 17.1. The van der Waals surface area contributed by atoms with Crippen LogP contribution in [0.25, 0.3) is 0 Å². The van der Waals surface area contributed by atoms with E-state index in [1.54, 1.807) is 24.1 Å². The van der Waals surface area contributed by atoms with Crippen LogP contribution in [-0.2, 0) is 20.6 Å². The van der Waals surface area contributed by atoms with E-state index in [1.165, 1.54) is 0 Å².